The van der Waals surface area contributed by atoms with Crippen LogP contribution in [-0.2, 0) is 6.18 Å². The number of nitrogens with one attached hydrogen (secondary N) is 3. The SMILES string of the molecule is CNc1cc2nc3c(cnn13)C(=O)NCCOc1nc(ccc1C(F)(F)F)N2. The molecule has 0 radical (unpaired) electrons. The van der Waals surface area contributed by atoms with E-state index in [0.29, 0.717) is 5.82 Å². The molecule has 3 aromatic rings. The number of amides is 1. The molecule has 0 atom stereocenters. The van der Waals surface area contributed by atoms with Crippen molar-refractivity contribution in [3.8, 4) is 5.88 Å². The van der Waals surface area contributed by atoms with Crippen LogP contribution < -0.4 is 20.7 Å². The third kappa shape index (κ3) is 3.12. The van der Waals surface area contributed by atoms with Crippen LogP contribution in [0.3, 0.4) is 0 Å². The first kappa shape index (κ1) is 17.8. The van der Waals surface area contributed by atoms with E-state index in [0.717, 1.165) is 6.07 Å². The fraction of sp³-hybridized carbons (Fsp3) is 0.250. The lowest BCUT2D eigenvalue weighted by atomic mass is 10.2. The van der Waals surface area contributed by atoms with Crippen molar-refractivity contribution in [2.75, 3.05) is 30.8 Å². The molecule has 0 fully saturated rings. The molecule has 1 aliphatic rings. The van der Waals surface area contributed by atoms with E-state index >= 15 is 0 Å². The molecule has 0 aromatic carbocycles. The van der Waals surface area contributed by atoms with Crippen molar-refractivity contribution in [2.24, 2.45) is 0 Å². The highest BCUT2D eigenvalue weighted by molar-refractivity contribution is 6.00. The first-order valence-corrected chi connectivity index (χ1v) is 8.19. The predicted molar refractivity (Wildman–Crippen MR) is 92.9 cm³/mol. The minimum atomic E-state index is -4.63. The Hall–Kier alpha value is -3.57. The zero-order valence-corrected chi connectivity index (χ0v) is 14.5. The molecule has 9 nitrogen and oxygen atoms in total. The van der Waals surface area contributed by atoms with E-state index in [-0.39, 0.29) is 36.0 Å². The second-order valence-electron chi connectivity index (χ2n) is 5.85. The molecule has 0 saturated heterocycles. The van der Waals surface area contributed by atoms with E-state index in [9.17, 15) is 18.0 Å². The number of carbonyl (C=O) groups excluding carboxylic acids is 1. The van der Waals surface area contributed by atoms with Crippen LogP contribution >= 0.6 is 0 Å². The Kier molecular flexibility index (Phi) is 4.17. The highest BCUT2D eigenvalue weighted by Crippen LogP contribution is 2.36. The molecule has 4 heterocycles. The predicted octanol–water partition coefficient (Wildman–Crippen LogP) is 2.05. The van der Waals surface area contributed by atoms with Gasteiger partial charge in [-0.3, -0.25) is 4.79 Å². The molecule has 146 valence electrons. The van der Waals surface area contributed by atoms with Gasteiger partial charge >= 0.3 is 6.18 Å². The van der Waals surface area contributed by atoms with E-state index < -0.39 is 23.5 Å². The number of hydrogen-bond acceptors (Lipinski definition) is 7. The number of pyridine rings is 1. The number of ether oxygens (including phenoxy) is 1. The van der Waals surface area contributed by atoms with E-state index in [1.807, 2.05) is 0 Å². The topological polar surface area (TPSA) is 105 Å². The molecular weight excluding hydrogens is 379 g/mol. The van der Waals surface area contributed by atoms with E-state index in [2.05, 4.69) is 31.0 Å². The lowest BCUT2D eigenvalue weighted by molar-refractivity contribution is -0.139. The summed E-state index contributed by atoms with van der Waals surface area (Å²) in [5.74, 6) is -0.153. The van der Waals surface area contributed by atoms with Gasteiger partial charge < -0.3 is 20.7 Å². The van der Waals surface area contributed by atoms with Crippen LogP contribution in [0.2, 0.25) is 0 Å². The third-order valence-electron chi connectivity index (χ3n) is 4.02. The summed E-state index contributed by atoms with van der Waals surface area (Å²) in [6.07, 6.45) is -3.26. The molecule has 3 aromatic heterocycles. The van der Waals surface area contributed by atoms with E-state index in [4.69, 9.17) is 4.74 Å². The van der Waals surface area contributed by atoms with Crippen LogP contribution in [0.1, 0.15) is 15.9 Å². The average molecular weight is 393 g/mol. The van der Waals surface area contributed by atoms with Gasteiger partial charge in [0.25, 0.3) is 5.91 Å². The highest BCUT2D eigenvalue weighted by Gasteiger charge is 2.35. The second-order valence-corrected chi connectivity index (χ2v) is 5.85. The van der Waals surface area contributed by atoms with E-state index in [1.54, 1.807) is 13.1 Å². The van der Waals surface area contributed by atoms with Gasteiger partial charge in [-0.2, -0.15) is 27.8 Å². The minimum absolute atomic E-state index is 0.0224. The van der Waals surface area contributed by atoms with Crippen LogP contribution in [-0.4, -0.2) is 45.7 Å². The number of alkyl halides is 3. The van der Waals surface area contributed by atoms with Gasteiger partial charge in [0.1, 0.15) is 35.2 Å². The van der Waals surface area contributed by atoms with Gasteiger partial charge in [0.05, 0.1) is 12.7 Å². The largest absolute Gasteiger partial charge is 0.475 e. The zero-order valence-electron chi connectivity index (χ0n) is 14.5. The molecule has 0 aliphatic carbocycles. The fourth-order valence-corrected chi connectivity index (χ4v) is 2.74. The third-order valence-corrected chi connectivity index (χ3v) is 4.02. The van der Waals surface area contributed by atoms with Crippen LogP contribution in [0.15, 0.2) is 24.4 Å². The first-order chi connectivity index (χ1) is 13.4. The summed E-state index contributed by atoms with van der Waals surface area (Å²) in [7, 11) is 1.66. The van der Waals surface area contributed by atoms with Gasteiger partial charge in [-0.15, -0.1) is 0 Å². The summed E-state index contributed by atoms with van der Waals surface area (Å²) in [6, 6.07) is 3.65. The summed E-state index contributed by atoms with van der Waals surface area (Å²) < 4.78 is 46.2. The number of nitrogens with zero attached hydrogens (tertiary/aromatic N) is 4. The number of carbonyl (C=O) groups is 1. The molecule has 12 heteroatoms. The molecule has 1 amide bonds. The number of rotatable bonds is 1. The Balaban J connectivity index is 1.85. The van der Waals surface area contributed by atoms with Crippen molar-refractivity contribution < 1.29 is 22.7 Å². The molecule has 0 unspecified atom stereocenters. The van der Waals surface area contributed by atoms with Gasteiger partial charge in [-0.05, 0) is 12.1 Å². The molecule has 4 rings (SSSR count). The lowest BCUT2D eigenvalue weighted by Gasteiger charge is -2.15. The molecule has 0 saturated carbocycles. The smallest absolute Gasteiger partial charge is 0.421 e. The maximum absolute atomic E-state index is 13.2. The van der Waals surface area contributed by atoms with Crippen LogP contribution in [0.5, 0.6) is 5.88 Å². The number of anilines is 3. The molecule has 1 aliphatic heterocycles. The van der Waals surface area contributed by atoms with Gasteiger partial charge in [-0.1, -0.05) is 0 Å². The Morgan fingerprint density at radius 3 is 2.82 bits per heavy atom. The minimum Gasteiger partial charge on any atom is -0.475 e. The summed E-state index contributed by atoms with van der Waals surface area (Å²) in [4.78, 5) is 20.7. The summed E-state index contributed by atoms with van der Waals surface area (Å²) in [5, 5.41) is 12.5. The standard InChI is InChI=1S/C16H14F3N7O2/c1-20-12-6-11-23-10-3-2-9(16(17,18)19)15(25-10)28-5-4-21-14(27)8-7-22-26(12)13(8)24-11/h2-3,6-7,20H,4-5H2,1H3,(H,21,27)(H,23,24,25). The molecule has 28 heavy (non-hydrogen) atoms. The Morgan fingerprint density at radius 1 is 1.25 bits per heavy atom. The number of hydrogen-bond donors (Lipinski definition) is 3. The van der Waals surface area contributed by atoms with Crippen molar-refractivity contribution in [3.05, 3.63) is 35.5 Å². The van der Waals surface area contributed by atoms with Gasteiger partial charge in [0.2, 0.25) is 5.88 Å². The lowest BCUT2D eigenvalue weighted by Crippen LogP contribution is -2.28. The molecular formula is C16H14F3N7O2. The number of halogens is 3. The van der Waals surface area contributed by atoms with Gasteiger partial charge in [0.15, 0.2) is 5.65 Å². The Labute approximate surface area is 155 Å². The quantitative estimate of drug-likeness (QED) is 0.581. The van der Waals surface area contributed by atoms with Crippen LogP contribution in [0.25, 0.3) is 5.65 Å². The summed E-state index contributed by atoms with van der Waals surface area (Å²) in [6.45, 7) is -0.214. The van der Waals surface area contributed by atoms with Gasteiger partial charge in [0, 0.05) is 13.1 Å². The maximum Gasteiger partial charge on any atom is 0.421 e. The van der Waals surface area contributed by atoms with Crippen LogP contribution in [0.4, 0.5) is 30.6 Å². The number of fused-ring (bicyclic) bond motifs is 3. The normalized spacial score (nSPS) is 14.4. The maximum atomic E-state index is 13.2. The second kappa shape index (κ2) is 6.55. The summed E-state index contributed by atoms with van der Waals surface area (Å²) >= 11 is 0. The molecule has 0 spiro atoms. The Bertz CT molecular complexity index is 1060. The molecule has 3 N–H and O–H groups in total. The Morgan fingerprint density at radius 2 is 2.07 bits per heavy atom. The van der Waals surface area contributed by atoms with Crippen molar-refractivity contribution >= 4 is 29.0 Å². The van der Waals surface area contributed by atoms with Crippen LogP contribution in [0, 0.1) is 0 Å². The van der Waals surface area contributed by atoms with Crippen molar-refractivity contribution in [2.45, 2.75) is 6.18 Å². The van der Waals surface area contributed by atoms with E-state index in [1.165, 1.54) is 16.8 Å². The molecule has 4 bridgehead atoms. The fourth-order valence-electron chi connectivity index (χ4n) is 2.74. The zero-order chi connectivity index (χ0) is 19.9. The van der Waals surface area contributed by atoms with Crippen molar-refractivity contribution in [1.82, 2.24) is 24.9 Å². The van der Waals surface area contributed by atoms with Gasteiger partial charge in [-0.25, -0.2) is 4.98 Å². The highest BCUT2D eigenvalue weighted by atomic mass is 19.4. The van der Waals surface area contributed by atoms with Crippen molar-refractivity contribution in [1.29, 1.82) is 0 Å². The number of aromatic nitrogens is 4. The first-order valence-electron chi connectivity index (χ1n) is 8.19. The summed E-state index contributed by atoms with van der Waals surface area (Å²) in [5.41, 5.74) is -0.510. The van der Waals surface area contributed by atoms with Crippen molar-refractivity contribution in [3.63, 3.8) is 0 Å². The average Bonchev–Trinajstić information content (AvgIpc) is 3.07. The monoisotopic (exact) mass is 393 g/mol.